The first-order valence-electron chi connectivity index (χ1n) is 8.03. The second-order valence-electron chi connectivity index (χ2n) is 5.81. The number of aromatic nitrogens is 2. The van der Waals surface area contributed by atoms with E-state index in [4.69, 9.17) is 12.2 Å². The van der Waals surface area contributed by atoms with E-state index in [1.54, 1.807) is 36.4 Å². The van der Waals surface area contributed by atoms with Crippen molar-refractivity contribution in [1.29, 1.82) is 0 Å². The third-order valence-electron chi connectivity index (χ3n) is 3.90. The van der Waals surface area contributed by atoms with Crippen LogP contribution in [0.15, 0.2) is 52.0 Å². The lowest BCUT2D eigenvalue weighted by atomic mass is 10.2. The Morgan fingerprint density at radius 2 is 2.04 bits per heavy atom. The van der Waals surface area contributed by atoms with Crippen molar-refractivity contribution >= 4 is 62.9 Å². The largest absolute Gasteiger partial charge is 0.322 e. The number of thioether (sulfide) groups is 1. The van der Waals surface area contributed by atoms with E-state index in [2.05, 4.69) is 20.3 Å². The lowest BCUT2D eigenvalue weighted by molar-refractivity contribution is -0.126. The second kappa shape index (κ2) is 7.49. The molecule has 0 unspecified atom stereocenters. The zero-order valence-corrected chi connectivity index (χ0v) is 15.7. The SMILES string of the molecule is O=C(CN1C(=O)C(=Cc2ccc(F)cc2)SC1=S)Nc1cccc2nonc12. The molecule has 0 saturated carbocycles. The molecule has 1 N–H and O–H groups in total. The maximum absolute atomic E-state index is 13.0. The summed E-state index contributed by atoms with van der Waals surface area (Å²) in [6.07, 6.45) is 1.61. The Bertz CT molecular complexity index is 1130. The van der Waals surface area contributed by atoms with Crippen LogP contribution in [0.3, 0.4) is 0 Å². The summed E-state index contributed by atoms with van der Waals surface area (Å²) in [5, 5.41) is 10.1. The second-order valence-corrected chi connectivity index (χ2v) is 7.48. The minimum atomic E-state index is -0.435. The minimum absolute atomic E-state index is 0.243. The number of hydrogen-bond donors (Lipinski definition) is 1. The summed E-state index contributed by atoms with van der Waals surface area (Å²) >= 11 is 6.32. The van der Waals surface area contributed by atoms with Gasteiger partial charge in [0.05, 0.1) is 10.6 Å². The Hall–Kier alpha value is -3.11. The highest BCUT2D eigenvalue weighted by atomic mass is 32.2. The van der Waals surface area contributed by atoms with Gasteiger partial charge in [0.25, 0.3) is 5.91 Å². The molecule has 2 amide bonds. The molecule has 28 heavy (non-hydrogen) atoms. The predicted molar refractivity (Wildman–Crippen MR) is 107 cm³/mol. The van der Waals surface area contributed by atoms with Crippen LogP contribution >= 0.6 is 24.0 Å². The third-order valence-corrected chi connectivity index (χ3v) is 5.28. The maximum Gasteiger partial charge on any atom is 0.266 e. The van der Waals surface area contributed by atoms with Gasteiger partial charge in [0.2, 0.25) is 5.91 Å². The lowest BCUT2D eigenvalue weighted by Gasteiger charge is -2.14. The van der Waals surface area contributed by atoms with Crippen LogP contribution in [0.5, 0.6) is 0 Å². The number of amides is 2. The number of halogens is 1. The Labute approximate surface area is 167 Å². The van der Waals surface area contributed by atoms with E-state index in [-0.39, 0.29) is 22.6 Å². The number of anilines is 1. The first-order valence-corrected chi connectivity index (χ1v) is 9.26. The van der Waals surface area contributed by atoms with E-state index < -0.39 is 5.91 Å². The number of nitrogens with one attached hydrogen (secondary N) is 1. The normalized spacial score (nSPS) is 15.6. The summed E-state index contributed by atoms with van der Waals surface area (Å²) < 4.78 is 18.0. The number of hydrogen-bond acceptors (Lipinski definition) is 7. The van der Waals surface area contributed by atoms with Gasteiger partial charge < -0.3 is 5.32 Å². The Kier molecular flexibility index (Phi) is 4.88. The van der Waals surface area contributed by atoms with Gasteiger partial charge in [0.1, 0.15) is 22.2 Å². The van der Waals surface area contributed by atoms with Gasteiger partial charge in [0, 0.05) is 0 Å². The molecule has 0 aliphatic carbocycles. The fourth-order valence-electron chi connectivity index (χ4n) is 2.59. The molecule has 7 nitrogen and oxygen atoms in total. The standard InChI is InChI=1S/C18H11FN4O3S2/c19-11-6-4-10(5-7-11)8-14-17(25)23(18(27)28-14)9-15(24)20-12-2-1-3-13-16(12)22-26-21-13/h1-8H,9H2,(H,20,24). The number of nitrogens with zero attached hydrogens (tertiary/aromatic N) is 3. The van der Waals surface area contributed by atoms with Gasteiger partial charge in [-0.25, -0.2) is 9.02 Å². The molecule has 0 atom stereocenters. The topological polar surface area (TPSA) is 88.3 Å². The summed E-state index contributed by atoms with van der Waals surface area (Å²) in [7, 11) is 0. The van der Waals surface area contributed by atoms with E-state index in [0.717, 1.165) is 11.8 Å². The minimum Gasteiger partial charge on any atom is -0.322 e. The fourth-order valence-corrected chi connectivity index (χ4v) is 3.84. The van der Waals surface area contributed by atoms with E-state index in [9.17, 15) is 14.0 Å². The van der Waals surface area contributed by atoms with Crippen LogP contribution in [0.2, 0.25) is 0 Å². The van der Waals surface area contributed by atoms with Crippen LogP contribution in [-0.2, 0) is 9.59 Å². The average Bonchev–Trinajstić information content (AvgIpc) is 3.25. The zero-order valence-electron chi connectivity index (χ0n) is 14.1. The van der Waals surface area contributed by atoms with Crippen LogP contribution in [0, 0.1) is 5.82 Å². The number of fused-ring (bicyclic) bond motifs is 1. The van der Waals surface area contributed by atoms with Gasteiger partial charge in [-0.1, -0.05) is 42.2 Å². The summed E-state index contributed by atoms with van der Waals surface area (Å²) in [5.74, 6) is -1.18. The number of thiocarbonyl (C=S) groups is 1. The van der Waals surface area contributed by atoms with Gasteiger partial charge >= 0.3 is 0 Å². The van der Waals surface area contributed by atoms with Crippen molar-refractivity contribution in [3.05, 3.63) is 58.8 Å². The Morgan fingerprint density at radius 1 is 1.25 bits per heavy atom. The van der Waals surface area contributed by atoms with Crippen LogP contribution in [0.1, 0.15) is 5.56 Å². The number of rotatable bonds is 4. The molecule has 1 aromatic heterocycles. The van der Waals surface area contributed by atoms with Crippen molar-refractivity contribution in [2.75, 3.05) is 11.9 Å². The summed E-state index contributed by atoms with van der Waals surface area (Å²) in [6.45, 7) is -0.243. The summed E-state index contributed by atoms with van der Waals surface area (Å²) in [5.41, 5.74) is 2.01. The molecule has 1 saturated heterocycles. The molecular formula is C18H11FN4O3S2. The van der Waals surface area contributed by atoms with Crippen molar-refractivity contribution in [3.8, 4) is 0 Å². The summed E-state index contributed by atoms with van der Waals surface area (Å²) in [6, 6.07) is 10.8. The van der Waals surface area contributed by atoms with Crippen LogP contribution in [-0.4, -0.2) is 37.9 Å². The molecule has 2 aromatic carbocycles. The van der Waals surface area contributed by atoms with E-state index in [1.807, 2.05) is 0 Å². The molecule has 0 spiro atoms. The van der Waals surface area contributed by atoms with Crippen molar-refractivity contribution < 1.29 is 18.6 Å². The first-order chi connectivity index (χ1) is 13.5. The molecular weight excluding hydrogens is 403 g/mol. The smallest absolute Gasteiger partial charge is 0.266 e. The van der Waals surface area contributed by atoms with Crippen molar-refractivity contribution in [3.63, 3.8) is 0 Å². The Balaban J connectivity index is 1.48. The molecule has 1 aliphatic rings. The van der Waals surface area contributed by atoms with E-state index in [1.165, 1.54) is 17.0 Å². The molecule has 1 fully saturated rings. The quantitative estimate of drug-likeness (QED) is 0.518. The molecule has 0 bridgehead atoms. The highest BCUT2D eigenvalue weighted by molar-refractivity contribution is 8.26. The molecule has 4 rings (SSSR count). The average molecular weight is 414 g/mol. The van der Waals surface area contributed by atoms with Crippen LogP contribution < -0.4 is 5.32 Å². The molecule has 10 heteroatoms. The van der Waals surface area contributed by atoms with Gasteiger partial charge in [-0.3, -0.25) is 14.5 Å². The number of carbonyl (C=O) groups excluding carboxylic acids is 2. The van der Waals surface area contributed by atoms with Gasteiger partial charge in [-0.2, -0.15) is 0 Å². The highest BCUT2D eigenvalue weighted by Gasteiger charge is 2.33. The highest BCUT2D eigenvalue weighted by Crippen LogP contribution is 2.32. The van der Waals surface area contributed by atoms with Crippen LogP contribution in [0.25, 0.3) is 17.1 Å². The fraction of sp³-hybridized carbons (Fsp3) is 0.0556. The predicted octanol–water partition coefficient (Wildman–Crippen LogP) is 3.20. The molecule has 2 heterocycles. The van der Waals surface area contributed by atoms with Gasteiger partial charge in [-0.15, -0.1) is 0 Å². The van der Waals surface area contributed by atoms with Crippen molar-refractivity contribution in [2.24, 2.45) is 0 Å². The van der Waals surface area contributed by atoms with E-state index in [0.29, 0.717) is 27.2 Å². The number of benzene rings is 2. The lowest BCUT2D eigenvalue weighted by Crippen LogP contribution is -2.36. The monoisotopic (exact) mass is 414 g/mol. The van der Waals surface area contributed by atoms with Crippen LogP contribution in [0.4, 0.5) is 10.1 Å². The van der Waals surface area contributed by atoms with Gasteiger partial charge in [0.15, 0.2) is 5.52 Å². The van der Waals surface area contributed by atoms with E-state index >= 15 is 0 Å². The maximum atomic E-state index is 13.0. The zero-order chi connectivity index (χ0) is 19.7. The third kappa shape index (κ3) is 3.64. The Morgan fingerprint density at radius 3 is 2.82 bits per heavy atom. The molecule has 0 radical (unpaired) electrons. The molecule has 140 valence electrons. The van der Waals surface area contributed by atoms with Crippen molar-refractivity contribution in [1.82, 2.24) is 15.2 Å². The van der Waals surface area contributed by atoms with Crippen molar-refractivity contribution in [2.45, 2.75) is 0 Å². The number of carbonyl (C=O) groups is 2. The summed E-state index contributed by atoms with van der Waals surface area (Å²) in [4.78, 5) is 26.6. The first kappa shape index (κ1) is 18.3. The van der Waals surface area contributed by atoms with Gasteiger partial charge in [-0.05, 0) is 46.2 Å². The molecule has 3 aromatic rings. The molecule has 1 aliphatic heterocycles.